The zero-order valence-electron chi connectivity index (χ0n) is 17.0. The number of piperidine rings is 1. The molecule has 6 nitrogen and oxygen atoms in total. The minimum atomic E-state index is -0.523. The number of alkyl carbamates (subject to hydrolysis) is 1. The number of carbonyl (C=O) groups is 2. The molecule has 1 aromatic rings. The Bertz CT molecular complexity index is 613. The number of amides is 3. The van der Waals surface area contributed by atoms with Gasteiger partial charge >= 0.3 is 12.1 Å². The second-order valence-electron chi connectivity index (χ2n) is 8.26. The topological polar surface area (TPSA) is 70.7 Å². The zero-order valence-corrected chi connectivity index (χ0v) is 17.0. The highest BCUT2D eigenvalue weighted by Gasteiger charge is 2.26. The molecule has 1 fully saturated rings. The van der Waals surface area contributed by atoms with Crippen LogP contribution in [0.3, 0.4) is 0 Å². The van der Waals surface area contributed by atoms with Crippen LogP contribution in [0.2, 0.25) is 0 Å². The van der Waals surface area contributed by atoms with E-state index in [2.05, 4.69) is 29.7 Å². The Labute approximate surface area is 162 Å². The lowest BCUT2D eigenvalue weighted by Crippen LogP contribution is -2.53. The Morgan fingerprint density at radius 3 is 2.63 bits per heavy atom. The van der Waals surface area contributed by atoms with Crippen LogP contribution in [-0.4, -0.2) is 48.3 Å². The minimum absolute atomic E-state index is 0.0639. The number of ether oxygens (including phenoxy) is 1. The molecule has 27 heavy (non-hydrogen) atoms. The molecule has 0 saturated carbocycles. The Hall–Kier alpha value is -2.24. The average Bonchev–Trinajstić information content (AvgIpc) is 2.60. The van der Waals surface area contributed by atoms with Crippen molar-refractivity contribution in [3.8, 4) is 0 Å². The van der Waals surface area contributed by atoms with E-state index in [0.29, 0.717) is 25.6 Å². The third-order valence-electron chi connectivity index (χ3n) is 4.65. The lowest BCUT2D eigenvalue weighted by molar-refractivity contribution is 0.0479. The summed E-state index contributed by atoms with van der Waals surface area (Å²) in [4.78, 5) is 26.2. The van der Waals surface area contributed by atoms with E-state index in [1.165, 1.54) is 5.56 Å². The SMILES string of the molecule is CC(CCNC(=O)N1CCCC(NC(=O)OC(C)(C)C)C1)c1ccccc1. The van der Waals surface area contributed by atoms with E-state index >= 15 is 0 Å². The monoisotopic (exact) mass is 375 g/mol. The third kappa shape index (κ3) is 7.49. The lowest BCUT2D eigenvalue weighted by Gasteiger charge is -2.33. The lowest BCUT2D eigenvalue weighted by atomic mass is 9.98. The normalized spacial score (nSPS) is 18.5. The van der Waals surface area contributed by atoms with Crippen molar-refractivity contribution in [3.63, 3.8) is 0 Å². The predicted molar refractivity (Wildman–Crippen MR) is 107 cm³/mol. The second kappa shape index (κ2) is 9.62. The Morgan fingerprint density at radius 2 is 1.96 bits per heavy atom. The fourth-order valence-corrected chi connectivity index (χ4v) is 3.21. The van der Waals surface area contributed by atoms with E-state index in [9.17, 15) is 9.59 Å². The molecule has 0 aromatic heterocycles. The van der Waals surface area contributed by atoms with E-state index in [4.69, 9.17) is 4.74 Å². The first kappa shape index (κ1) is 21.1. The van der Waals surface area contributed by atoms with Gasteiger partial charge in [0.15, 0.2) is 0 Å². The molecule has 0 aliphatic carbocycles. The summed E-state index contributed by atoms with van der Waals surface area (Å²) >= 11 is 0. The molecule has 150 valence electrons. The van der Waals surface area contributed by atoms with Crippen LogP contribution in [-0.2, 0) is 4.74 Å². The second-order valence-corrected chi connectivity index (χ2v) is 8.26. The number of carbonyl (C=O) groups excluding carboxylic acids is 2. The molecular weight excluding hydrogens is 342 g/mol. The Balaban J connectivity index is 1.73. The van der Waals surface area contributed by atoms with Crippen molar-refractivity contribution in [3.05, 3.63) is 35.9 Å². The van der Waals surface area contributed by atoms with Crippen molar-refractivity contribution in [2.24, 2.45) is 0 Å². The molecule has 6 heteroatoms. The molecule has 1 aliphatic rings. The van der Waals surface area contributed by atoms with Crippen LogP contribution in [0.25, 0.3) is 0 Å². The number of hydrogen-bond acceptors (Lipinski definition) is 3. The molecule has 3 amide bonds. The zero-order chi connectivity index (χ0) is 19.9. The smallest absolute Gasteiger partial charge is 0.407 e. The third-order valence-corrected chi connectivity index (χ3v) is 4.65. The molecule has 1 aliphatic heterocycles. The summed E-state index contributed by atoms with van der Waals surface area (Å²) in [5, 5.41) is 5.88. The van der Waals surface area contributed by atoms with Crippen LogP contribution < -0.4 is 10.6 Å². The number of benzene rings is 1. The van der Waals surface area contributed by atoms with Crippen LogP contribution in [0.5, 0.6) is 0 Å². The Kier molecular flexibility index (Phi) is 7.51. The average molecular weight is 376 g/mol. The Morgan fingerprint density at radius 1 is 1.26 bits per heavy atom. The highest BCUT2D eigenvalue weighted by atomic mass is 16.6. The fourth-order valence-electron chi connectivity index (χ4n) is 3.21. The molecule has 2 unspecified atom stereocenters. The van der Waals surface area contributed by atoms with E-state index in [1.54, 1.807) is 4.90 Å². The summed E-state index contributed by atoms with van der Waals surface area (Å²) in [6, 6.07) is 10.2. The molecular formula is C21H33N3O3. The summed E-state index contributed by atoms with van der Waals surface area (Å²) in [7, 11) is 0. The van der Waals surface area contributed by atoms with Gasteiger partial charge in [0.2, 0.25) is 0 Å². The molecule has 1 aromatic carbocycles. The van der Waals surface area contributed by atoms with E-state index in [1.807, 2.05) is 39.0 Å². The van der Waals surface area contributed by atoms with Crippen molar-refractivity contribution < 1.29 is 14.3 Å². The van der Waals surface area contributed by atoms with E-state index in [-0.39, 0.29) is 12.1 Å². The van der Waals surface area contributed by atoms with Crippen LogP contribution in [0.4, 0.5) is 9.59 Å². The maximum absolute atomic E-state index is 12.4. The number of urea groups is 1. The van der Waals surface area contributed by atoms with Gasteiger partial charge in [-0.25, -0.2) is 9.59 Å². The van der Waals surface area contributed by atoms with Crippen molar-refractivity contribution in [2.75, 3.05) is 19.6 Å². The highest BCUT2D eigenvalue weighted by molar-refractivity contribution is 5.74. The number of nitrogens with one attached hydrogen (secondary N) is 2. The van der Waals surface area contributed by atoms with Gasteiger partial charge in [0.1, 0.15) is 5.60 Å². The highest BCUT2D eigenvalue weighted by Crippen LogP contribution is 2.18. The number of rotatable bonds is 5. The number of hydrogen-bond donors (Lipinski definition) is 2. The standard InChI is InChI=1S/C21H33N3O3/c1-16(17-9-6-5-7-10-17)12-13-22-19(25)24-14-8-11-18(15-24)23-20(26)27-21(2,3)4/h5-7,9-10,16,18H,8,11-15H2,1-4H3,(H,22,25)(H,23,26). The molecule has 2 N–H and O–H groups in total. The van der Waals surface area contributed by atoms with Crippen LogP contribution in [0, 0.1) is 0 Å². The van der Waals surface area contributed by atoms with Crippen molar-refractivity contribution >= 4 is 12.1 Å². The summed E-state index contributed by atoms with van der Waals surface area (Å²) in [6.45, 7) is 9.54. The molecule has 0 radical (unpaired) electrons. The first-order chi connectivity index (χ1) is 12.7. The maximum Gasteiger partial charge on any atom is 0.407 e. The van der Waals surface area contributed by atoms with Crippen LogP contribution in [0.1, 0.15) is 58.4 Å². The van der Waals surface area contributed by atoms with Gasteiger partial charge in [0, 0.05) is 25.7 Å². The number of nitrogens with zero attached hydrogens (tertiary/aromatic N) is 1. The minimum Gasteiger partial charge on any atom is -0.444 e. The van der Waals surface area contributed by atoms with Crippen molar-refractivity contribution in [2.45, 2.75) is 64.5 Å². The molecule has 1 saturated heterocycles. The molecule has 2 rings (SSSR count). The van der Waals surface area contributed by atoms with Gasteiger partial charge in [0.25, 0.3) is 0 Å². The van der Waals surface area contributed by atoms with Gasteiger partial charge in [-0.2, -0.15) is 0 Å². The first-order valence-corrected chi connectivity index (χ1v) is 9.82. The molecule has 0 spiro atoms. The molecule has 1 heterocycles. The van der Waals surface area contributed by atoms with Gasteiger partial charge in [0.05, 0.1) is 0 Å². The fraction of sp³-hybridized carbons (Fsp3) is 0.619. The quantitative estimate of drug-likeness (QED) is 0.820. The van der Waals surface area contributed by atoms with Gasteiger partial charge < -0.3 is 20.3 Å². The van der Waals surface area contributed by atoms with E-state index in [0.717, 1.165) is 19.3 Å². The summed E-state index contributed by atoms with van der Waals surface area (Å²) in [6.07, 6.45) is 2.19. The molecule has 0 bridgehead atoms. The van der Waals surface area contributed by atoms with Gasteiger partial charge in [-0.15, -0.1) is 0 Å². The van der Waals surface area contributed by atoms with Gasteiger partial charge in [-0.1, -0.05) is 37.3 Å². The van der Waals surface area contributed by atoms with Crippen molar-refractivity contribution in [1.82, 2.24) is 15.5 Å². The van der Waals surface area contributed by atoms with Crippen molar-refractivity contribution in [1.29, 1.82) is 0 Å². The predicted octanol–water partition coefficient (Wildman–Crippen LogP) is 3.88. The van der Waals surface area contributed by atoms with Gasteiger partial charge in [-0.3, -0.25) is 0 Å². The maximum atomic E-state index is 12.4. The van der Waals surface area contributed by atoms with Gasteiger partial charge in [-0.05, 0) is 51.5 Å². The van der Waals surface area contributed by atoms with Crippen LogP contribution >= 0.6 is 0 Å². The summed E-state index contributed by atoms with van der Waals surface area (Å²) < 4.78 is 5.30. The molecule has 2 atom stereocenters. The summed E-state index contributed by atoms with van der Waals surface area (Å²) in [5.41, 5.74) is 0.761. The largest absolute Gasteiger partial charge is 0.444 e. The summed E-state index contributed by atoms with van der Waals surface area (Å²) in [5.74, 6) is 0.398. The number of likely N-dealkylation sites (tertiary alicyclic amines) is 1. The first-order valence-electron chi connectivity index (χ1n) is 9.82. The van der Waals surface area contributed by atoms with E-state index < -0.39 is 11.7 Å². The van der Waals surface area contributed by atoms with Crippen LogP contribution in [0.15, 0.2) is 30.3 Å².